The molecule has 7 aromatic carbocycles. The number of hydrogen-bond acceptors (Lipinski definition) is 1. The standard InChI is InChI=1S/C46H32N2/c1-3-15-34(35-27-32(30-47)28-36(29-35)48-43-24-13-11-18-37(43)38-19-12-14-25-44(38)48)26-31(2)45-39-20-7-9-22-41(39)46(33-16-5-4-6-17-33)42-23-10-8-21-40(42)45/h3-29H,1H2,2H3/b31-26+,34-15+. The molecule has 0 spiro atoms. The molecule has 0 aliphatic rings. The van der Waals surface area contributed by atoms with Crippen LogP contribution in [0, 0.1) is 11.3 Å². The second-order valence-corrected chi connectivity index (χ2v) is 12.1. The minimum Gasteiger partial charge on any atom is -0.309 e. The molecule has 1 aromatic heterocycles. The summed E-state index contributed by atoms with van der Waals surface area (Å²) in [5.41, 5.74) is 10.5. The second-order valence-electron chi connectivity index (χ2n) is 12.1. The van der Waals surface area contributed by atoms with E-state index in [1.807, 2.05) is 24.3 Å². The SMILES string of the molecule is C=C/C=C(\C=C(/C)c1c2ccccc2c(-c2ccccc2)c2ccccc12)c1cc(C#N)cc(-n2c3ccccc3c3ccccc32)c1. The average Bonchev–Trinajstić information content (AvgIpc) is 3.48. The quantitative estimate of drug-likeness (QED) is 0.136. The first-order valence-electron chi connectivity index (χ1n) is 16.2. The molecule has 0 aliphatic carbocycles. The Morgan fingerprint density at radius 1 is 0.625 bits per heavy atom. The van der Waals surface area contributed by atoms with Crippen molar-refractivity contribution in [3.8, 4) is 22.9 Å². The highest BCUT2D eigenvalue weighted by Crippen LogP contribution is 2.42. The van der Waals surface area contributed by atoms with Gasteiger partial charge >= 0.3 is 0 Å². The lowest BCUT2D eigenvalue weighted by atomic mass is 9.85. The topological polar surface area (TPSA) is 28.7 Å². The molecule has 8 rings (SSSR count). The Labute approximate surface area is 280 Å². The van der Waals surface area contributed by atoms with E-state index < -0.39 is 0 Å². The average molecular weight is 613 g/mol. The minimum absolute atomic E-state index is 0.605. The maximum atomic E-state index is 10.2. The number of aromatic nitrogens is 1. The summed E-state index contributed by atoms with van der Waals surface area (Å²) in [6.45, 7) is 6.26. The van der Waals surface area contributed by atoms with Crippen molar-refractivity contribution in [2.24, 2.45) is 0 Å². The van der Waals surface area contributed by atoms with Crippen LogP contribution in [0.5, 0.6) is 0 Å². The van der Waals surface area contributed by atoms with Gasteiger partial charge in [0.1, 0.15) is 0 Å². The number of rotatable bonds is 6. The van der Waals surface area contributed by atoms with E-state index in [1.54, 1.807) is 0 Å². The van der Waals surface area contributed by atoms with Crippen molar-refractivity contribution in [3.63, 3.8) is 0 Å². The van der Waals surface area contributed by atoms with E-state index in [0.717, 1.165) is 33.4 Å². The lowest BCUT2D eigenvalue weighted by molar-refractivity contribution is 1.17. The molecule has 0 radical (unpaired) electrons. The summed E-state index contributed by atoms with van der Waals surface area (Å²) < 4.78 is 2.26. The van der Waals surface area contributed by atoms with E-state index in [0.29, 0.717) is 5.56 Å². The van der Waals surface area contributed by atoms with E-state index in [9.17, 15) is 5.26 Å². The fourth-order valence-electron chi connectivity index (χ4n) is 7.30. The van der Waals surface area contributed by atoms with Gasteiger partial charge in [0.05, 0.1) is 22.7 Å². The molecule has 0 aliphatic heterocycles. The zero-order valence-electron chi connectivity index (χ0n) is 26.7. The van der Waals surface area contributed by atoms with Gasteiger partial charge in [0.15, 0.2) is 0 Å². The molecular formula is C46H32N2. The van der Waals surface area contributed by atoms with Gasteiger partial charge in [-0.25, -0.2) is 0 Å². The number of hydrogen-bond donors (Lipinski definition) is 0. The van der Waals surface area contributed by atoms with Crippen molar-refractivity contribution >= 4 is 54.5 Å². The molecule has 0 atom stereocenters. The molecule has 0 amide bonds. The van der Waals surface area contributed by atoms with E-state index in [4.69, 9.17) is 0 Å². The van der Waals surface area contributed by atoms with Crippen molar-refractivity contribution in [2.75, 3.05) is 0 Å². The maximum absolute atomic E-state index is 10.2. The molecular weight excluding hydrogens is 581 g/mol. The molecule has 0 N–H and O–H groups in total. The van der Waals surface area contributed by atoms with E-state index in [2.05, 4.69) is 164 Å². The summed E-state index contributed by atoms with van der Waals surface area (Å²) in [7, 11) is 0. The number of nitriles is 1. The molecule has 0 bridgehead atoms. The zero-order valence-corrected chi connectivity index (χ0v) is 26.7. The van der Waals surface area contributed by atoms with Crippen molar-refractivity contribution in [1.82, 2.24) is 4.57 Å². The molecule has 2 nitrogen and oxygen atoms in total. The van der Waals surface area contributed by atoms with Crippen molar-refractivity contribution < 1.29 is 0 Å². The maximum Gasteiger partial charge on any atom is 0.0992 e. The second kappa shape index (κ2) is 12.1. The smallest absolute Gasteiger partial charge is 0.0992 e. The van der Waals surface area contributed by atoms with Gasteiger partial charge < -0.3 is 4.57 Å². The van der Waals surface area contributed by atoms with Gasteiger partial charge in [0, 0.05) is 16.5 Å². The number of nitrogens with zero attached hydrogens (tertiary/aromatic N) is 2. The van der Waals surface area contributed by atoms with E-state index in [1.165, 1.54) is 49.0 Å². The van der Waals surface area contributed by atoms with Crippen LogP contribution in [0.15, 0.2) is 170 Å². The molecule has 8 aromatic rings. The monoisotopic (exact) mass is 612 g/mol. The zero-order chi connectivity index (χ0) is 32.6. The summed E-state index contributed by atoms with van der Waals surface area (Å²) in [6.07, 6.45) is 6.11. The first-order chi connectivity index (χ1) is 23.7. The van der Waals surface area contributed by atoms with Crippen LogP contribution in [0.25, 0.3) is 71.3 Å². The fourth-order valence-corrected chi connectivity index (χ4v) is 7.30. The highest BCUT2D eigenvalue weighted by atomic mass is 15.0. The lowest BCUT2D eigenvalue weighted by Gasteiger charge is -2.18. The molecule has 1 heterocycles. The largest absolute Gasteiger partial charge is 0.309 e. The van der Waals surface area contributed by atoms with Crippen molar-refractivity contribution in [2.45, 2.75) is 6.92 Å². The summed E-state index contributed by atoms with van der Waals surface area (Å²) in [5, 5.41) is 17.5. The predicted octanol–water partition coefficient (Wildman–Crippen LogP) is 12.3. The van der Waals surface area contributed by atoms with Crippen LogP contribution in [-0.4, -0.2) is 4.57 Å². The number of allylic oxidation sites excluding steroid dienone is 5. The van der Waals surface area contributed by atoms with Gasteiger partial charge in [0.25, 0.3) is 0 Å². The normalized spacial score (nSPS) is 12.2. The summed E-state index contributed by atoms with van der Waals surface area (Å²) >= 11 is 0. The van der Waals surface area contributed by atoms with E-state index >= 15 is 0 Å². The minimum atomic E-state index is 0.605. The summed E-state index contributed by atoms with van der Waals surface area (Å²) in [6, 6.07) is 53.6. The molecule has 226 valence electrons. The van der Waals surface area contributed by atoms with Gasteiger partial charge in [-0.3, -0.25) is 0 Å². The highest BCUT2D eigenvalue weighted by molar-refractivity contribution is 6.19. The molecule has 0 saturated heterocycles. The third kappa shape index (κ3) is 4.81. The fraction of sp³-hybridized carbons (Fsp3) is 0.0217. The van der Waals surface area contributed by atoms with E-state index in [-0.39, 0.29) is 0 Å². The Bertz CT molecular complexity index is 2530. The third-order valence-electron chi connectivity index (χ3n) is 9.28. The van der Waals surface area contributed by atoms with Crippen molar-refractivity contribution in [3.05, 3.63) is 187 Å². The molecule has 0 saturated carbocycles. The predicted molar refractivity (Wildman–Crippen MR) is 204 cm³/mol. The number of benzene rings is 7. The van der Waals surface area contributed by atoms with Crippen LogP contribution in [0.1, 0.15) is 23.6 Å². The van der Waals surface area contributed by atoms with Crippen LogP contribution >= 0.6 is 0 Å². The van der Waals surface area contributed by atoms with Gasteiger partial charge in [-0.2, -0.15) is 5.26 Å². The van der Waals surface area contributed by atoms with Crippen LogP contribution in [0.3, 0.4) is 0 Å². The van der Waals surface area contributed by atoms with Gasteiger partial charge in [-0.05, 0) is 92.2 Å². The third-order valence-corrected chi connectivity index (χ3v) is 9.28. The van der Waals surface area contributed by atoms with Gasteiger partial charge in [0.2, 0.25) is 0 Å². The Morgan fingerprint density at radius 3 is 1.71 bits per heavy atom. The van der Waals surface area contributed by atoms with Crippen molar-refractivity contribution in [1.29, 1.82) is 5.26 Å². The summed E-state index contributed by atoms with van der Waals surface area (Å²) in [5.74, 6) is 0. The molecule has 0 fully saturated rings. The Morgan fingerprint density at radius 2 is 1.15 bits per heavy atom. The van der Waals surface area contributed by atoms with Crippen LogP contribution in [0.4, 0.5) is 0 Å². The first-order valence-corrected chi connectivity index (χ1v) is 16.2. The van der Waals surface area contributed by atoms with Crippen LogP contribution in [0.2, 0.25) is 0 Å². The number of fused-ring (bicyclic) bond motifs is 5. The number of para-hydroxylation sites is 2. The molecule has 0 unspecified atom stereocenters. The Balaban J connectivity index is 1.35. The highest BCUT2D eigenvalue weighted by Gasteiger charge is 2.17. The van der Waals surface area contributed by atoms with Crippen LogP contribution in [-0.2, 0) is 0 Å². The van der Waals surface area contributed by atoms with Crippen LogP contribution < -0.4 is 0 Å². The molecule has 2 heteroatoms. The Kier molecular flexibility index (Phi) is 7.29. The Hall–Kier alpha value is -6.43. The summed E-state index contributed by atoms with van der Waals surface area (Å²) in [4.78, 5) is 0. The van der Waals surface area contributed by atoms with Gasteiger partial charge in [-0.15, -0.1) is 0 Å². The molecule has 48 heavy (non-hydrogen) atoms. The lowest BCUT2D eigenvalue weighted by Crippen LogP contribution is -1.97. The van der Waals surface area contributed by atoms with Gasteiger partial charge in [-0.1, -0.05) is 140 Å². The first kappa shape index (κ1) is 29.0.